The maximum absolute atomic E-state index is 12.1. The van der Waals surface area contributed by atoms with Crippen molar-refractivity contribution in [3.63, 3.8) is 0 Å². The third-order valence-electron chi connectivity index (χ3n) is 4.22. The van der Waals surface area contributed by atoms with Crippen LogP contribution >= 0.6 is 12.6 Å². The van der Waals surface area contributed by atoms with Gasteiger partial charge in [0, 0.05) is 18.3 Å². The summed E-state index contributed by atoms with van der Waals surface area (Å²) in [7, 11) is 0. The first-order chi connectivity index (χ1) is 8.67. The number of pyridine rings is 1. The Labute approximate surface area is 115 Å². The molecule has 0 aromatic carbocycles. The summed E-state index contributed by atoms with van der Waals surface area (Å²) in [4.78, 5) is 12.1. The van der Waals surface area contributed by atoms with Crippen molar-refractivity contribution < 1.29 is 0 Å². The van der Waals surface area contributed by atoms with Crippen molar-refractivity contribution >= 4 is 12.6 Å². The molecule has 0 radical (unpaired) electrons. The smallest absolute Gasteiger partial charge is 0.253 e. The van der Waals surface area contributed by atoms with E-state index in [0.29, 0.717) is 0 Å². The van der Waals surface area contributed by atoms with Crippen molar-refractivity contribution in [2.45, 2.75) is 52.0 Å². The highest BCUT2D eigenvalue weighted by molar-refractivity contribution is 7.80. The Kier molecular flexibility index (Phi) is 4.55. The highest BCUT2D eigenvalue weighted by atomic mass is 32.1. The van der Waals surface area contributed by atoms with Gasteiger partial charge in [0.2, 0.25) is 0 Å². The molecule has 0 aliphatic heterocycles. The van der Waals surface area contributed by atoms with Crippen LogP contribution in [-0.2, 0) is 6.54 Å². The fraction of sp³-hybridized carbons (Fsp3) is 0.667. The lowest BCUT2D eigenvalue weighted by atomic mass is 9.82. The fourth-order valence-electron chi connectivity index (χ4n) is 2.99. The second kappa shape index (κ2) is 5.96. The third kappa shape index (κ3) is 3.00. The van der Waals surface area contributed by atoms with Crippen molar-refractivity contribution in [3.8, 4) is 0 Å². The molecule has 2 nitrogen and oxygen atoms in total. The van der Waals surface area contributed by atoms with Crippen LogP contribution in [0.5, 0.6) is 0 Å². The van der Waals surface area contributed by atoms with Crippen LogP contribution in [0.15, 0.2) is 23.1 Å². The Morgan fingerprint density at radius 2 is 1.94 bits per heavy atom. The van der Waals surface area contributed by atoms with Crippen LogP contribution in [0, 0.1) is 12.3 Å². The summed E-state index contributed by atoms with van der Waals surface area (Å²) in [6, 6.07) is 3.86. The Bertz CT molecular complexity index is 444. The molecule has 18 heavy (non-hydrogen) atoms. The third-order valence-corrected chi connectivity index (χ3v) is 4.89. The first-order valence-electron chi connectivity index (χ1n) is 6.94. The normalized spacial score (nSPS) is 19.4. The van der Waals surface area contributed by atoms with Gasteiger partial charge < -0.3 is 4.57 Å². The van der Waals surface area contributed by atoms with Gasteiger partial charge >= 0.3 is 0 Å². The largest absolute Gasteiger partial charge is 0.315 e. The van der Waals surface area contributed by atoms with E-state index in [1.165, 1.54) is 38.5 Å². The molecule has 100 valence electrons. The van der Waals surface area contributed by atoms with E-state index in [4.69, 9.17) is 0 Å². The lowest BCUT2D eigenvalue weighted by molar-refractivity contribution is 0.238. The number of aromatic nitrogens is 1. The van der Waals surface area contributed by atoms with Crippen LogP contribution in [0.3, 0.4) is 0 Å². The van der Waals surface area contributed by atoms with Crippen LogP contribution in [0.1, 0.15) is 44.1 Å². The molecule has 1 aromatic rings. The maximum atomic E-state index is 12.1. The summed E-state index contributed by atoms with van der Waals surface area (Å²) in [5.74, 6) is 0.882. The molecule has 0 N–H and O–H groups in total. The van der Waals surface area contributed by atoms with E-state index in [1.54, 1.807) is 0 Å². The van der Waals surface area contributed by atoms with Crippen molar-refractivity contribution in [1.82, 2.24) is 4.57 Å². The minimum Gasteiger partial charge on any atom is -0.315 e. The number of aryl methyl sites for hydroxylation is 1. The van der Waals surface area contributed by atoms with Crippen LogP contribution in [0.4, 0.5) is 0 Å². The summed E-state index contributed by atoms with van der Waals surface area (Å²) in [6.07, 6.45) is 9.55. The topological polar surface area (TPSA) is 22.0 Å². The molecule has 2 rings (SSSR count). The Hall–Kier alpha value is -0.700. The van der Waals surface area contributed by atoms with Gasteiger partial charge in [0.05, 0.1) is 0 Å². The molecular formula is C15H23NOS. The van der Waals surface area contributed by atoms with Crippen LogP contribution < -0.4 is 5.56 Å². The molecule has 0 bridgehead atoms. The molecule has 0 atom stereocenters. The molecule has 0 saturated heterocycles. The van der Waals surface area contributed by atoms with Gasteiger partial charge in [0.25, 0.3) is 5.56 Å². The number of hydrogen-bond donors (Lipinski definition) is 1. The van der Waals surface area contributed by atoms with Gasteiger partial charge in [-0.2, -0.15) is 12.6 Å². The van der Waals surface area contributed by atoms with Crippen LogP contribution in [0.2, 0.25) is 0 Å². The predicted molar refractivity (Wildman–Crippen MR) is 79.4 cm³/mol. The number of hydrogen-bond acceptors (Lipinski definition) is 2. The molecule has 0 spiro atoms. The molecule has 1 aliphatic rings. The van der Waals surface area contributed by atoms with E-state index in [0.717, 1.165) is 17.9 Å². The second-order valence-corrected chi connectivity index (χ2v) is 6.01. The zero-order valence-electron chi connectivity index (χ0n) is 11.2. The van der Waals surface area contributed by atoms with E-state index < -0.39 is 0 Å². The van der Waals surface area contributed by atoms with Gasteiger partial charge in [0.1, 0.15) is 0 Å². The second-order valence-electron chi connectivity index (χ2n) is 5.70. The highest BCUT2D eigenvalue weighted by Crippen LogP contribution is 2.37. The fourth-order valence-corrected chi connectivity index (χ4v) is 3.40. The Morgan fingerprint density at radius 3 is 2.56 bits per heavy atom. The molecule has 1 fully saturated rings. The average Bonchev–Trinajstić information content (AvgIpc) is 2.61. The lowest BCUT2D eigenvalue weighted by Crippen LogP contribution is -2.34. The predicted octanol–water partition coefficient (Wildman–Crippen LogP) is 3.43. The SMILES string of the molecule is Cc1cccn(CC2(CS)CCCCCC2)c1=O. The number of thiol groups is 1. The van der Waals surface area contributed by atoms with Gasteiger partial charge in [-0.15, -0.1) is 0 Å². The molecule has 1 aliphatic carbocycles. The van der Waals surface area contributed by atoms with Crippen molar-refractivity contribution in [1.29, 1.82) is 0 Å². The molecule has 0 amide bonds. The zero-order valence-corrected chi connectivity index (χ0v) is 12.1. The zero-order chi connectivity index (χ0) is 13.0. The van der Waals surface area contributed by atoms with Crippen LogP contribution in [-0.4, -0.2) is 10.3 Å². The standard InChI is InChI=1S/C15H23NOS/c1-13-7-6-10-16(14(13)17)11-15(12-18)8-4-2-3-5-9-15/h6-7,10,18H,2-5,8-9,11-12H2,1H3. The number of rotatable bonds is 3. The minimum atomic E-state index is 0.155. The highest BCUT2D eigenvalue weighted by Gasteiger charge is 2.30. The van der Waals surface area contributed by atoms with E-state index in [1.807, 2.05) is 29.8 Å². The first-order valence-corrected chi connectivity index (χ1v) is 7.57. The molecule has 1 heterocycles. The Morgan fingerprint density at radius 1 is 1.28 bits per heavy atom. The summed E-state index contributed by atoms with van der Waals surface area (Å²) < 4.78 is 1.89. The van der Waals surface area contributed by atoms with Gasteiger partial charge in [-0.1, -0.05) is 31.7 Å². The van der Waals surface area contributed by atoms with Crippen molar-refractivity contribution in [2.75, 3.05) is 5.75 Å². The summed E-state index contributed by atoms with van der Waals surface area (Å²) in [6.45, 7) is 2.72. The van der Waals surface area contributed by atoms with Crippen LogP contribution in [0.25, 0.3) is 0 Å². The van der Waals surface area contributed by atoms with Gasteiger partial charge in [-0.3, -0.25) is 4.79 Å². The summed E-state index contributed by atoms with van der Waals surface area (Å²) in [5, 5.41) is 0. The Balaban J connectivity index is 2.23. The summed E-state index contributed by atoms with van der Waals surface area (Å²) in [5.41, 5.74) is 1.21. The molecular weight excluding hydrogens is 242 g/mol. The number of nitrogens with zero attached hydrogens (tertiary/aromatic N) is 1. The van der Waals surface area contributed by atoms with Gasteiger partial charge in [-0.25, -0.2) is 0 Å². The van der Waals surface area contributed by atoms with Gasteiger partial charge in [0.15, 0.2) is 0 Å². The van der Waals surface area contributed by atoms with Crippen molar-refractivity contribution in [2.24, 2.45) is 5.41 Å². The van der Waals surface area contributed by atoms with Gasteiger partial charge in [-0.05, 0) is 37.0 Å². The van der Waals surface area contributed by atoms with Crippen molar-refractivity contribution in [3.05, 3.63) is 34.2 Å². The minimum absolute atomic E-state index is 0.155. The molecule has 3 heteroatoms. The first kappa shape index (κ1) is 13.7. The van der Waals surface area contributed by atoms with E-state index in [-0.39, 0.29) is 11.0 Å². The summed E-state index contributed by atoms with van der Waals surface area (Å²) >= 11 is 4.57. The van der Waals surface area contributed by atoms with E-state index in [2.05, 4.69) is 12.6 Å². The molecule has 0 unspecified atom stereocenters. The molecule has 1 saturated carbocycles. The monoisotopic (exact) mass is 265 g/mol. The maximum Gasteiger partial charge on any atom is 0.253 e. The van der Waals surface area contributed by atoms with E-state index in [9.17, 15) is 4.79 Å². The average molecular weight is 265 g/mol. The van der Waals surface area contributed by atoms with E-state index >= 15 is 0 Å². The molecule has 1 aromatic heterocycles. The quantitative estimate of drug-likeness (QED) is 0.656. The lowest BCUT2D eigenvalue weighted by Gasteiger charge is -2.32.